The van der Waals surface area contributed by atoms with Gasteiger partial charge in [-0.25, -0.2) is 9.18 Å². The van der Waals surface area contributed by atoms with Crippen LogP contribution in [-0.2, 0) is 14.3 Å². The molecule has 2 heterocycles. The molecule has 9 nitrogen and oxygen atoms in total. The number of carbonyl (C=O) groups excluding carboxylic acids is 3. The van der Waals surface area contributed by atoms with Gasteiger partial charge in [0, 0.05) is 11.3 Å². The molecular formula is C24H30BrFN4O5. The molecule has 4 atom stereocenters. The lowest BCUT2D eigenvalue weighted by Gasteiger charge is -2.31. The second-order valence-corrected chi connectivity index (χ2v) is 10.1. The fraction of sp³-hybridized carbons (Fsp3) is 0.542. The van der Waals surface area contributed by atoms with Crippen LogP contribution in [0.3, 0.4) is 0 Å². The standard InChI is InChI=1S/C24H30BrFN4O5/c1-35-24(34)18(11-14-3-2-8-27-21(14)31)30-22(32)16(9-12-4-5-12)29-23(33)17-10-13-6-7-15(26)19(25)20(13)28-17/h6-7,10,12,14,16,18,21,27-28,31H,2-5,8-9,11H2,1H3,(H,29,33)(H,30,32)/t14-,16-,18-,21?/m0/s1. The third-order valence-electron chi connectivity index (χ3n) is 6.71. The van der Waals surface area contributed by atoms with E-state index in [1.807, 2.05) is 0 Å². The maximum absolute atomic E-state index is 13.9. The van der Waals surface area contributed by atoms with Crippen molar-refractivity contribution in [1.82, 2.24) is 20.9 Å². The summed E-state index contributed by atoms with van der Waals surface area (Å²) in [6, 6.07) is 2.65. The Labute approximate surface area is 210 Å². The molecule has 1 aliphatic heterocycles. The number of esters is 1. The minimum Gasteiger partial charge on any atom is -0.467 e. The minimum absolute atomic E-state index is 0.195. The van der Waals surface area contributed by atoms with Gasteiger partial charge in [0.2, 0.25) is 5.91 Å². The SMILES string of the molecule is COC(=O)[C@H](C[C@@H]1CCCNC1O)NC(=O)[C@H](CC1CC1)NC(=O)c1cc2ccc(F)c(Br)c2[nH]1. The number of amides is 2. The number of hydrogen-bond acceptors (Lipinski definition) is 6. The van der Waals surface area contributed by atoms with Crippen LogP contribution in [0.15, 0.2) is 22.7 Å². The van der Waals surface area contributed by atoms with E-state index in [2.05, 4.69) is 36.9 Å². The molecule has 1 unspecified atom stereocenters. The maximum Gasteiger partial charge on any atom is 0.328 e. The summed E-state index contributed by atoms with van der Waals surface area (Å²) in [5.41, 5.74) is 0.643. The highest BCUT2D eigenvalue weighted by Crippen LogP contribution is 2.34. The molecule has 2 aliphatic rings. The first-order valence-corrected chi connectivity index (χ1v) is 12.6. The molecule has 2 amide bonds. The number of nitrogens with one attached hydrogen (secondary N) is 4. The summed E-state index contributed by atoms with van der Waals surface area (Å²) in [7, 11) is 1.25. The van der Waals surface area contributed by atoms with Gasteiger partial charge in [-0.3, -0.25) is 14.9 Å². The molecule has 0 bridgehead atoms. The number of methoxy groups -OCH3 is 1. The first-order chi connectivity index (χ1) is 16.8. The van der Waals surface area contributed by atoms with Crippen molar-refractivity contribution in [3.8, 4) is 0 Å². The van der Waals surface area contributed by atoms with Crippen molar-refractivity contribution in [2.75, 3.05) is 13.7 Å². The molecule has 4 rings (SSSR count). The number of hydrogen-bond donors (Lipinski definition) is 5. The Bertz CT molecular complexity index is 1110. The first-order valence-electron chi connectivity index (χ1n) is 11.8. The second-order valence-electron chi connectivity index (χ2n) is 9.34. The molecule has 1 aliphatic carbocycles. The van der Waals surface area contributed by atoms with E-state index in [0.717, 1.165) is 25.7 Å². The highest BCUT2D eigenvalue weighted by molar-refractivity contribution is 9.10. The average molecular weight is 553 g/mol. The molecule has 0 spiro atoms. The molecule has 35 heavy (non-hydrogen) atoms. The predicted octanol–water partition coefficient (Wildman–Crippen LogP) is 2.33. The number of aromatic nitrogens is 1. The summed E-state index contributed by atoms with van der Waals surface area (Å²) in [5.74, 6) is -1.94. The molecule has 1 saturated carbocycles. The highest BCUT2D eigenvalue weighted by Gasteiger charge is 2.35. The van der Waals surface area contributed by atoms with Gasteiger partial charge in [-0.1, -0.05) is 12.8 Å². The number of benzene rings is 1. The number of fused-ring (bicyclic) bond motifs is 1. The fourth-order valence-corrected chi connectivity index (χ4v) is 4.99. The smallest absolute Gasteiger partial charge is 0.328 e. The summed E-state index contributed by atoms with van der Waals surface area (Å²) < 4.78 is 19.0. The Morgan fingerprint density at radius 1 is 1.20 bits per heavy atom. The number of H-pyrrole nitrogens is 1. The first kappa shape index (κ1) is 25.6. The van der Waals surface area contributed by atoms with E-state index < -0.39 is 41.9 Å². The molecule has 1 saturated heterocycles. The monoisotopic (exact) mass is 552 g/mol. The number of rotatable bonds is 9. The van der Waals surface area contributed by atoms with Gasteiger partial charge in [0.15, 0.2) is 0 Å². The van der Waals surface area contributed by atoms with Gasteiger partial charge in [-0.05, 0) is 72.3 Å². The van der Waals surface area contributed by atoms with Crippen LogP contribution in [0.25, 0.3) is 10.9 Å². The van der Waals surface area contributed by atoms with Crippen LogP contribution in [0.2, 0.25) is 0 Å². The van der Waals surface area contributed by atoms with Crippen molar-refractivity contribution in [3.63, 3.8) is 0 Å². The fourth-order valence-electron chi connectivity index (χ4n) is 4.53. The molecule has 190 valence electrons. The van der Waals surface area contributed by atoms with Gasteiger partial charge in [0.25, 0.3) is 5.91 Å². The van der Waals surface area contributed by atoms with Crippen LogP contribution in [0, 0.1) is 17.7 Å². The number of carbonyl (C=O) groups is 3. The van der Waals surface area contributed by atoms with E-state index in [-0.39, 0.29) is 22.5 Å². The Morgan fingerprint density at radius 3 is 2.66 bits per heavy atom. The molecule has 1 aromatic carbocycles. The lowest BCUT2D eigenvalue weighted by atomic mass is 9.90. The van der Waals surface area contributed by atoms with Crippen molar-refractivity contribution in [2.24, 2.45) is 11.8 Å². The Balaban J connectivity index is 1.47. The Kier molecular flexibility index (Phi) is 8.08. The normalized spacial score (nSPS) is 21.8. The van der Waals surface area contributed by atoms with Gasteiger partial charge in [-0.2, -0.15) is 0 Å². The zero-order chi connectivity index (χ0) is 25.1. The number of aliphatic hydroxyl groups excluding tert-OH is 1. The van der Waals surface area contributed by atoms with E-state index in [0.29, 0.717) is 29.8 Å². The van der Waals surface area contributed by atoms with Crippen LogP contribution < -0.4 is 16.0 Å². The van der Waals surface area contributed by atoms with Crippen molar-refractivity contribution >= 4 is 44.6 Å². The molecule has 1 aromatic heterocycles. The van der Waals surface area contributed by atoms with E-state index in [1.54, 1.807) is 12.1 Å². The van der Waals surface area contributed by atoms with E-state index in [1.165, 1.54) is 13.2 Å². The van der Waals surface area contributed by atoms with Gasteiger partial charge < -0.3 is 25.5 Å². The molecule has 0 radical (unpaired) electrons. The van der Waals surface area contributed by atoms with Crippen LogP contribution >= 0.6 is 15.9 Å². The highest BCUT2D eigenvalue weighted by atomic mass is 79.9. The number of aliphatic hydroxyl groups is 1. The molecule has 5 N–H and O–H groups in total. The summed E-state index contributed by atoms with van der Waals surface area (Å²) in [6.07, 6.45) is 3.42. The minimum atomic E-state index is -0.947. The van der Waals surface area contributed by atoms with Crippen molar-refractivity contribution in [1.29, 1.82) is 0 Å². The largest absolute Gasteiger partial charge is 0.467 e. The summed E-state index contributed by atoms with van der Waals surface area (Å²) in [5, 5.41) is 19.3. The topological polar surface area (TPSA) is 133 Å². The third-order valence-corrected chi connectivity index (χ3v) is 7.49. The molecular weight excluding hydrogens is 523 g/mol. The van der Waals surface area contributed by atoms with Crippen LogP contribution in [-0.4, -0.2) is 59.8 Å². The number of halogens is 2. The Morgan fingerprint density at radius 2 is 1.97 bits per heavy atom. The maximum atomic E-state index is 13.9. The average Bonchev–Trinajstić information content (AvgIpc) is 3.55. The number of ether oxygens (including phenoxy) is 1. The van der Waals surface area contributed by atoms with E-state index in [4.69, 9.17) is 4.74 Å². The van der Waals surface area contributed by atoms with Crippen LogP contribution in [0.1, 0.15) is 49.0 Å². The summed E-state index contributed by atoms with van der Waals surface area (Å²) in [6.45, 7) is 0.694. The van der Waals surface area contributed by atoms with Crippen molar-refractivity contribution < 1.29 is 28.6 Å². The van der Waals surface area contributed by atoms with Crippen LogP contribution in [0.5, 0.6) is 0 Å². The number of piperidine rings is 1. The van der Waals surface area contributed by atoms with Gasteiger partial charge in [-0.15, -0.1) is 0 Å². The van der Waals surface area contributed by atoms with Crippen LogP contribution in [0.4, 0.5) is 4.39 Å². The van der Waals surface area contributed by atoms with Crippen molar-refractivity contribution in [2.45, 2.75) is 56.8 Å². The van der Waals surface area contributed by atoms with Crippen molar-refractivity contribution in [3.05, 3.63) is 34.2 Å². The van der Waals surface area contributed by atoms with Gasteiger partial charge in [0.1, 0.15) is 29.8 Å². The molecule has 2 fully saturated rings. The lowest BCUT2D eigenvalue weighted by molar-refractivity contribution is -0.146. The Hall–Kier alpha value is -2.50. The molecule has 2 aromatic rings. The quantitative estimate of drug-likeness (QED) is 0.303. The summed E-state index contributed by atoms with van der Waals surface area (Å²) in [4.78, 5) is 41.5. The third kappa shape index (κ3) is 6.20. The van der Waals surface area contributed by atoms with Gasteiger partial charge >= 0.3 is 5.97 Å². The second kappa shape index (κ2) is 11.0. The van der Waals surface area contributed by atoms with E-state index >= 15 is 0 Å². The van der Waals surface area contributed by atoms with Gasteiger partial charge in [0.05, 0.1) is 17.1 Å². The zero-order valence-corrected chi connectivity index (χ0v) is 21.0. The predicted molar refractivity (Wildman–Crippen MR) is 130 cm³/mol. The molecule has 11 heteroatoms. The zero-order valence-electron chi connectivity index (χ0n) is 19.4. The lowest BCUT2D eigenvalue weighted by Crippen LogP contribution is -2.53. The number of aromatic amines is 1. The summed E-state index contributed by atoms with van der Waals surface area (Å²) >= 11 is 3.18. The van der Waals surface area contributed by atoms with E-state index in [9.17, 15) is 23.9 Å².